The van der Waals surface area contributed by atoms with Gasteiger partial charge in [0.25, 0.3) is 5.91 Å². The van der Waals surface area contributed by atoms with Gasteiger partial charge in [-0.1, -0.05) is 34.8 Å². The van der Waals surface area contributed by atoms with Gasteiger partial charge in [-0.15, -0.1) is 11.3 Å². The molecule has 11 heteroatoms. The van der Waals surface area contributed by atoms with Gasteiger partial charge >= 0.3 is 0 Å². The Morgan fingerprint density at radius 3 is 2.71 bits per heavy atom. The number of hydrogen-bond acceptors (Lipinski definition) is 5. The predicted octanol–water partition coefficient (Wildman–Crippen LogP) is 4.50. The molecule has 28 heavy (non-hydrogen) atoms. The number of carbonyl (C=O) groups is 1. The van der Waals surface area contributed by atoms with Gasteiger partial charge in [0.15, 0.2) is 10.9 Å². The van der Waals surface area contributed by atoms with Gasteiger partial charge in [-0.2, -0.15) is 5.26 Å². The minimum Gasteiger partial charge on any atom is -0.459 e. The van der Waals surface area contributed by atoms with Gasteiger partial charge in [-0.25, -0.2) is 0 Å². The maximum Gasteiger partial charge on any atom is 0.288 e. The molecular weight excluding hydrogens is 463 g/mol. The quantitative estimate of drug-likeness (QED) is 0.341. The first-order valence-electron chi connectivity index (χ1n) is 8.33. The number of halogens is 3. The normalized spacial score (nSPS) is 14.5. The lowest BCUT2D eigenvalue weighted by atomic mass is 9.96. The number of nitriles is 1. The molecule has 0 aliphatic heterocycles. The number of hydrogen-bond donors (Lipinski definition) is 3. The standard InChI is InChI=1S/C17H15Cl3N4O2S2/c18-17(19,20)15(22-13(25)11-5-3-7-26-11)24-16(27)23-14-10(8-21)9-4-1-2-6-12(9)28-14/h3,5,7,15H,1-2,4,6H2,(H,22,25)(H2,23,24,27). The van der Waals surface area contributed by atoms with Crippen molar-refractivity contribution in [2.75, 3.05) is 5.32 Å². The van der Waals surface area contributed by atoms with Crippen LogP contribution in [-0.2, 0) is 12.8 Å². The predicted molar refractivity (Wildman–Crippen MR) is 115 cm³/mol. The number of fused-ring (bicyclic) bond motifs is 1. The molecule has 0 aromatic carbocycles. The van der Waals surface area contributed by atoms with Crippen molar-refractivity contribution in [2.45, 2.75) is 35.6 Å². The SMILES string of the molecule is N#Cc1c(NC(=S)NC(NC(=O)c2ccco2)C(Cl)(Cl)Cl)sc2c1CCCC2. The van der Waals surface area contributed by atoms with E-state index in [2.05, 4.69) is 22.0 Å². The van der Waals surface area contributed by atoms with Gasteiger partial charge in [0.1, 0.15) is 17.2 Å². The number of thiocarbonyl (C=S) groups is 1. The van der Waals surface area contributed by atoms with Crippen LogP contribution in [0.15, 0.2) is 22.8 Å². The summed E-state index contributed by atoms with van der Waals surface area (Å²) in [5.41, 5.74) is 1.67. The van der Waals surface area contributed by atoms with Gasteiger partial charge in [0.2, 0.25) is 3.79 Å². The van der Waals surface area contributed by atoms with Crippen molar-refractivity contribution in [1.29, 1.82) is 5.26 Å². The molecule has 0 saturated heterocycles. The van der Waals surface area contributed by atoms with Crippen LogP contribution >= 0.6 is 58.4 Å². The molecule has 2 heterocycles. The number of aryl methyl sites for hydroxylation is 1. The molecule has 0 radical (unpaired) electrons. The number of amides is 1. The number of anilines is 1. The van der Waals surface area contributed by atoms with E-state index in [0.29, 0.717) is 10.6 Å². The molecule has 0 bridgehead atoms. The first-order valence-corrected chi connectivity index (χ1v) is 10.7. The summed E-state index contributed by atoms with van der Waals surface area (Å²) in [6.07, 6.45) is 4.23. The van der Waals surface area contributed by atoms with Crippen LogP contribution < -0.4 is 16.0 Å². The summed E-state index contributed by atoms with van der Waals surface area (Å²) in [5.74, 6) is -0.501. The highest BCUT2D eigenvalue weighted by Crippen LogP contribution is 2.37. The Labute approximate surface area is 186 Å². The molecule has 1 atom stereocenters. The van der Waals surface area contributed by atoms with E-state index < -0.39 is 15.9 Å². The molecule has 1 amide bonds. The third-order valence-corrected chi connectivity index (χ3v) is 6.22. The number of alkyl halides is 3. The van der Waals surface area contributed by atoms with E-state index in [0.717, 1.165) is 31.2 Å². The average molecular weight is 478 g/mol. The minimum atomic E-state index is -1.89. The molecule has 0 saturated carbocycles. The number of thiophene rings is 1. The lowest BCUT2D eigenvalue weighted by Gasteiger charge is -2.27. The summed E-state index contributed by atoms with van der Waals surface area (Å²) in [6.45, 7) is 0. The van der Waals surface area contributed by atoms with Crippen molar-refractivity contribution in [1.82, 2.24) is 10.6 Å². The maximum atomic E-state index is 12.2. The summed E-state index contributed by atoms with van der Waals surface area (Å²) in [7, 11) is 0. The van der Waals surface area contributed by atoms with Gasteiger partial charge < -0.3 is 20.4 Å². The molecule has 2 aromatic rings. The third kappa shape index (κ3) is 4.91. The van der Waals surface area contributed by atoms with Crippen LogP contribution in [0.5, 0.6) is 0 Å². The van der Waals surface area contributed by atoms with E-state index in [1.165, 1.54) is 28.5 Å². The number of carbonyl (C=O) groups excluding carboxylic acids is 1. The second-order valence-corrected chi connectivity index (χ2v) is 9.93. The molecule has 1 aliphatic carbocycles. The Morgan fingerprint density at radius 2 is 2.07 bits per heavy atom. The Balaban J connectivity index is 1.72. The summed E-state index contributed by atoms with van der Waals surface area (Å²) in [5, 5.41) is 18.6. The maximum absolute atomic E-state index is 12.2. The monoisotopic (exact) mass is 476 g/mol. The van der Waals surface area contributed by atoms with Gasteiger partial charge in [-0.05, 0) is 55.6 Å². The number of furan rings is 1. The highest BCUT2D eigenvalue weighted by atomic mass is 35.6. The smallest absolute Gasteiger partial charge is 0.288 e. The summed E-state index contributed by atoms with van der Waals surface area (Å²) >= 11 is 24.7. The van der Waals surface area contributed by atoms with Crippen LogP contribution in [0.4, 0.5) is 5.00 Å². The van der Waals surface area contributed by atoms with Crippen molar-refractivity contribution in [3.05, 3.63) is 40.2 Å². The van der Waals surface area contributed by atoms with Gasteiger partial charge in [-0.3, -0.25) is 4.79 Å². The molecule has 1 unspecified atom stereocenters. The van der Waals surface area contributed by atoms with E-state index in [1.807, 2.05) is 0 Å². The molecule has 0 spiro atoms. The molecular formula is C17H15Cl3N4O2S2. The van der Waals surface area contributed by atoms with Crippen molar-refractivity contribution in [2.24, 2.45) is 0 Å². The molecule has 0 fully saturated rings. The van der Waals surface area contributed by atoms with Crippen molar-refractivity contribution in [3.63, 3.8) is 0 Å². The molecule has 6 nitrogen and oxygen atoms in total. The van der Waals surface area contributed by atoms with Crippen LogP contribution in [0.25, 0.3) is 0 Å². The van der Waals surface area contributed by atoms with Crippen LogP contribution in [0.2, 0.25) is 0 Å². The van der Waals surface area contributed by atoms with Crippen molar-refractivity contribution in [3.8, 4) is 6.07 Å². The third-order valence-electron chi connectivity index (χ3n) is 4.13. The molecule has 3 rings (SSSR count). The molecule has 2 aromatic heterocycles. The zero-order valence-corrected chi connectivity index (χ0v) is 18.3. The second kappa shape index (κ2) is 8.89. The first kappa shape index (κ1) is 21.2. The first-order chi connectivity index (χ1) is 13.3. The summed E-state index contributed by atoms with van der Waals surface area (Å²) < 4.78 is 3.15. The lowest BCUT2D eigenvalue weighted by molar-refractivity contribution is 0.0906. The van der Waals surface area contributed by atoms with Crippen LogP contribution in [0.3, 0.4) is 0 Å². The lowest BCUT2D eigenvalue weighted by Crippen LogP contribution is -2.56. The van der Waals surface area contributed by atoms with Crippen LogP contribution in [0.1, 0.15) is 39.4 Å². The fourth-order valence-corrected chi connectivity index (χ4v) is 4.71. The molecule has 3 N–H and O–H groups in total. The van der Waals surface area contributed by atoms with E-state index >= 15 is 0 Å². The Kier molecular flexibility index (Phi) is 6.73. The van der Waals surface area contributed by atoms with Crippen molar-refractivity contribution >= 4 is 74.4 Å². The molecule has 148 valence electrons. The number of rotatable bonds is 4. The van der Waals surface area contributed by atoms with E-state index in [4.69, 9.17) is 51.4 Å². The Morgan fingerprint density at radius 1 is 1.32 bits per heavy atom. The fraction of sp³-hybridized carbons (Fsp3) is 0.353. The summed E-state index contributed by atoms with van der Waals surface area (Å²) in [6, 6.07) is 5.30. The number of nitrogens with one attached hydrogen (secondary N) is 3. The average Bonchev–Trinajstić information content (AvgIpc) is 3.27. The largest absolute Gasteiger partial charge is 0.459 e. The van der Waals surface area contributed by atoms with Crippen LogP contribution in [-0.4, -0.2) is 21.0 Å². The zero-order chi connectivity index (χ0) is 20.3. The van der Waals surface area contributed by atoms with Gasteiger partial charge in [0, 0.05) is 4.88 Å². The van der Waals surface area contributed by atoms with Gasteiger partial charge in [0.05, 0.1) is 11.8 Å². The zero-order valence-electron chi connectivity index (χ0n) is 14.4. The molecule has 1 aliphatic rings. The summed E-state index contributed by atoms with van der Waals surface area (Å²) in [4.78, 5) is 13.4. The van der Waals surface area contributed by atoms with E-state index in [1.54, 1.807) is 6.07 Å². The van der Waals surface area contributed by atoms with E-state index in [-0.39, 0.29) is 10.9 Å². The number of nitrogens with zero attached hydrogens (tertiary/aromatic N) is 1. The Bertz CT molecular complexity index is 916. The minimum absolute atomic E-state index is 0.0672. The van der Waals surface area contributed by atoms with E-state index in [9.17, 15) is 10.1 Å². The second-order valence-electron chi connectivity index (χ2n) is 6.05. The highest BCUT2D eigenvalue weighted by Gasteiger charge is 2.35. The van der Waals surface area contributed by atoms with Crippen LogP contribution in [0, 0.1) is 11.3 Å². The Hall–Kier alpha value is -1.50. The fourth-order valence-electron chi connectivity index (χ4n) is 2.85. The van der Waals surface area contributed by atoms with Crippen molar-refractivity contribution < 1.29 is 9.21 Å². The topological polar surface area (TPSA) is 90.1 Å². The highest BCUT2D eigenvalue weighted by molar-refractivity contribution is 7.80.